The molecule has 142 valence electrons. The van der Waals surface area contributed by atoms with Crippen LogP contribution in [0.2, 0.25) is 0 Å². The van der Waals surface area contributed by atoms with Crippen LogP contribution in [0.4, 0.5) is 5.69 Å². The van der Waals surface area contributed by atoms with Crippen LogP contribution in [-0.4, -0.2) is 34.9 Å². The van der Waals surface area contributed by atoms with Crippen LogP contribution in [0.3, 0.4) is 0 Å². The largest absolute Gasteiger partial charge is 0.305 e. The highest BCUT2D eigenvalue weighted by molar-refractivity contribution is 6.06. The quantitative estimate of drug-likeness (QED) is 0.667. The second kappa shape index (κ2) is 8.81. The number of carbonyl (C=O) groups is 1. The van der Waals surface area contributed by atoms with Crippen LogP contribution < -0.4 is 4.90 Å². The van der Waals surface area contributed by atoms with Gasteiger partial charge in [0, 0.05) is 49.3 Å². The van der Waals surface area contributed by atoms with E-state index in [1.54, 1.807) is 0 Å². The third-order valence-electron chi connectivity index (χ3n) is 5.35. The Hall–Kier alpha value is -2.98. The van der Waals surface area contributed by atoms with Crippen molar-refractivity contribution >= 4 is 11.6 Å². The van der Waals surface area contributed by atoms with Crippen LogP contribution in [0.15, 0.2) is 85.2 Å². The Kier molecular flexibility index (Phi) is 5.78. The van der Waals surface area contributed by atoms with Crippen LogP contribution in [0, 0.1) is 0 Å². The summed E-state index contributed by atoms with van der Waals surface area (Å²) in [6, 6.07) is 24.0. The maximum absolute atomic E-state index is 13.3. The molecule has 1 fully saturated rings. The summed E-state index contributed by atoms with van der Waals surface area (Å²) in [5.41, 5.74) is 3.00. The van der Waals surface area contributed by atoms with E-state index in [9.17, 15) is 4.79 Å². The van der Waals surface area contributed by atoms with Gasteiger partial charge in [-0.25, -0.2) is 0 Å². The van der Waals surface area contributed by atoms with Gasteiger partial charge in [-0.05, 0) is 54.8 Å². The molecule has 0 aliphatic carbocycles. The summed E-state index contributed by atoms with van der Waals surface area (Å²) < 4.78 is 0. The number of carbonyl (C=O) groups excluding carboxylic acids is 1. The van der Waals surface area contributed by atoms with Gasteiger partial charge in [0.2, 0.25) is 0 Å². The zero-order chi connectivity index (χ0) is 19.2. The Morgan fingerprint density at radius 2 is 1.50 bits per heavy atom. The maximum atomic E-state index is 13.3. The van der Waals surface area contributed by atoms with Crippen molar-refractivity contribution in [3.63, 3.8) is 0 Å². The Morgan fingerprint density at radius 3 is 2.14 bits per heavy atom. The van der Waals surface area contributed by atoms with Gasteiger partial charge in [0.05, 0.1) is 0 Å². The summed E-state index contributed by atoms with van der Waals surface area (Å²) in [4.78, 5) is 21.9. The molecule has 0 radical (unpaired) electrons. The van der Waals surface area contributed by atoms with E-state index in [1.807, 2.05) is 78.0 Å². The minimum Gasteiger partial charge on any atom is -0.305 e. The topological polar surface area (TPSA) is 36.4 Å². The van der Waals surface area contributed by atoms with Gasteiger partial charge in [-0.15, -0.1) is 0 Å². The smallest absolute Gasteiger partial charge is 0.258 e. The van der Waals surface area contributed by atoms with Crippen LogP contribution in [-0.2, 0) is 6.54 Å². The predicted molar refractivity (Wildman–Crippen MR) is 112 cm³/mol. The fourth-order valence-electron chi connectivity index (χ4n) is 3.88. The molecule has 0 atom stereocenters. The second-order valence-electron chi connectivity index (χ2n) is 7.24. The first kappa shape index (κ1) is 18.4. The Labute approximate surface area is 166 Å². The van der Waals surface area contributed by atoms with Gasteiger partial charge in [0.1, 0.15) is 0 Å². The molecule has 4 rings (SSSR count). The third kappa shape index (κ3) is 4.29. The molecule has 28 heavy (non-hydrogen) atoms. The number of hydrogen-bond donors (Lipinski definition) is 0. The van der Waals surface area contributed by atoms with E-state index in [0.29, 0.717) is 0 Å². The van der Waals surface area contributed by atoms with E-state index in [1.165, 1.54) is 5.56 Å². The molecule has 4 nitrogen and oxygen atoms in total. The fourth-order valence-corrected chi connectivity index (χ4v) is 3.88. The molecule has 2 heterocycles. The number of benzene rings is 2. The van der Waals surface area contributed by atoms with Gasteiger partial charge in [-0.3, -0.25) is 14.7 Å². The number of nitrogens with zero attached hydrogens (tertiary/aromatic N) is 3. The van der Waals surface area contributed by atoms with Gasteiger partial charge in [0.15, 0.2) is 0 Å². The number of para-hydroxylation sites is 1. The SMILES string of the molecule is O=C(c1ccccc1)N(c1ccccc1)C1CCN(Cc2ccncc2)CC1. The number of anilines is 1. The summed E-state index contributed by atoms with van der Waals surface area (Å²) in [5.74, 6) is 0.0828. The van der Waals surface area contributed by atoms with Crippen LogP contribution in [0.5, 0.6) is 0 Å². The fraction of sp³-hybridized carbons (Fsp3) is 0.250. The molecule has 1 amide bonds. The van der Waals surface area contributed by atoms with E-state index in [2.05, 4.69) is 22.0 Å². The third-order valence-corrected chi connectivity index (χ3v) is 5.35. The van der Waals surface area contributed by atoms with E-state index in [0.717, 1.165) is 43.7 Å². The summed E-state index contributed by atoms with van der Waals surface area (Å²) in [6.07, 6.45) is 5.63. The predicted octanol–water partition coefficient (Wildman–Crippen LogP) is 4.39. The van der Waals surface area contributed by atoms with Gasteiger partial charge in [0.25, 0.3) is 5.91 Å². The number of rotatable bonds is 5. The van der Waals surface area contributed by atoms with Gasteiger partial charge in [-0.2, -0.15) is 0 Å². The summed E-state index contributed by atoms with van der Waals surface area (Å²) in [5, 5.41) is 0. The first-order valence-corrected chi connectivity index (χ1v) is 9.86. The standard InChI is InChI=1S/C24H25N3O/c28-24(21-7-3-1-4-8-21)27(22-9-5-2-6-10-22)23-13-17-26(18-14-23)19-20-11-15-25-16-12-20/h1-12,15-16,23H,13-14,17-19H2. The Morgan fingerprint density at radius 1 is 0.893 bits per heavy atom. The van der Waals surface area contributed by atoms with Crippen LogP contribution in [0.25, 0.3) is 0 Å². The second-order valence-corrected chi connectivity index (χ2v) is 7.24. The molecule has 3 aromatic rings. The minimum absolute atomic E-state index is 0.0828. The normalized spacial score (nSPS) is 15.3. The number of aromatic nitrogens is 1. The van der Waals surface area contributed by atoms with Gasteiger partial charge >= 0.3 is 0 Å². The van der Waals surface area contributed by atoms with Gasteiger partial charge < -0.3 is 4.90 Å². The van der Waals surface area contributed by atoms with Crippen LogP contribution >= 0.6 is 0 Å². The highest BCUT2D eigenvalue weighted by atomic mass is 16.2. The molecule has 1 aromatic heterocycles. The average molecular weight is 371 g/mol. The van der Waals surface area contributed by atoms with Crippen molar-refractivity contribution in [3.8, 4) is 0 Å². The Bertz CT molecular complexity index is 875. The zero-order valence-corrected chi connectivity index (χ0v) is 15.9. The van der Waals surface area contributed by atoms with E-state index in [4.69, 9.17) is 0 Å². The molecule has 0 unspecified atom stereocenters. The molecule has 1 saturated heterocycles. The molecule has 4 heteroatoms. The highest BCUT2D eigenvalue weighted by Crippen LogP contribution is 2.26. The lowest BCUT2D eigenvalue weighted by molar-refractivity contribution is 0.0958. The number of amides is 1. The molecular formula is C24H25N3O. The molecular weight excluding hydrogens is 346 g/mol. The zero-order valence-electron chi connectivity index (χ0n) is 15.9. The molecule has 0 N–H and O–H groups in total. The number of piperidine rings is 1. The monoisotopic (exact) mass is 371 g/mol. The lowest BCUT2D eigenvalue weighted by Gasteiger charge is -2.38. The molecule has 1 aliphatic heterocycles. The van der Waals surface area contributed by atoms with Crippen molar-refractivity contribution in [3.05, 3.63) is 96.3 Å². The molecule has 1 aliphatic rings. The molecule has 0 saturated carbocycles. The number of hydrogen-bond acceptors (Lipinski definition) is 3. The first-order valence-electron chi connectivity index (χ1n) is 9.86. The van der Waals surface area contributed by atoms with E-state index < -0.39 is 0 Å². The molecule has 0 spiro atoms. The van der Waals surface area contributed by atoms with Crippen molar-refractivity contribution < 1.29 is 4.79 Å². The number of pyridine rings is 1. The first-order chi connectivity index (χ1) is 13.8. The minimum atomic E-state index is 0.0828. The van der Waals surface area contributed by atoms with E-state index in [-0.39, 0.29) is 11.9 Å². The average Bonchev–Trinajstić information content (AvgIpc) is 2.77. The maximum Gasteiger partial charge on any atom is 0.258 e. The molecule has 0 bridgehead atoms. The molecule has 2 aromatic carbocycles. The van der Waals surface area contributed by atoms with Crippen molar-refractivity contribution in [2.24, 2.45) is 0 Å². The summed E-state index contributed by atoms with van der Waals surface area (Å²) in [7, 11) is 0. The van der Waals surface area contributed by atoms with Gasteiger partial charge in [-0.1, -0.05) is 36.4 Å². The van der Waals surface area contributed by atoms with Crippen molar-refractivity contribution in [1.29, 1.82) is 0 Å². The number of likely N-dealkylation sites (tertiary alicyclic amines) is 1. The Balaban J connectivity index is 1.49. The lowest BCUT2D eigenvalue weighted by atomic mass is 10.00. The van der Waals surface area contributed by atoms with Crippen molar-refractivity contribution in [2.75, 3.05) is 18.0 Å². The highest BCUT2D eigenvalue weighted by Gasteiger charge is 2.29. The lowest BCUT2D eigenvalue weighted by Crippen LogP contribution is -2.47. The van der Waals surface area contributed by atoms with Crippen molar-refractivity contribution in [1.82, 2.24) is 9.88 Å². The van der Waals surface area contributed by atoms with Crippen molar-refractivity contribution in [2.45, 2.75) is 25.4 Å². The summed E-state index contributed by atoms with van der Waals surface area (Å²) in [6.45, 7) is 2.91. The van der Waals surface area contributed by atoms with E-state index >= 15 is 0 Å². The van der Waals surface area contributed by atoms with Crippen LogP contribution in [0.1, 0.15) is 28.8 Å². The summed E-state index contributed by atoms with van der Waals surface area (Å²) >= 11 is 0.